The highest BCUT2D eigenvalue weighted by Crippen LogP contribution is 2.25. The molecular weight excluding hydrogens is 548 g/mol. The lowest BCUT2D eigenvalue weighted by atomic mass is 9.85. The molecule has 1 fully saturated rings. The predicted molar refractivity (Wildman–Crippen MR) is 159 cm³/mol. The molecule has 0 unspecified atom stereocenters. The second-order valence-corrected chi connectivity index (χ2v) is 10.8. The number of unbranched alkanes of at least 4 members (excludes halogenated alkanes) is 3. The number of benzene rings is 1. The summed E-state index contributed by atoms with van der Waals surface area (Å²) in [7, 11) is 0. The summed E-state index contributed by atoms with van der Waals surface area (Å²) in [5.41, 5.74) is 0.975. The molecular formula is C30H43ClN4O6. The normalized spacial score (nSPS) is 19.9. The highest BCUT2D eigenvalue weighted by Gasteiger charge is 2.31. The van der Waals surface area contributed by atoms with Gasteiger partial charge in [-0.15, -0.1) is 11.6 Å². The molecule has 1 saturated carbocycles. The lowest BCUT2D eigenvalue weighted by molar-refractivity contribution is -0.130. The summed E-state index contributed by atoms with van der Waals surface area (Å²) in [6, 6.07) is 6.41. The van der Waals surface area contributed by atoms with Crippen LogP contribution in [0, 0.1) is 5.92 Å². The van der Waals surface area contributed by atoms with Gasteiger partial charge in [-0.25, -0.2) is 4.99 Å². The first-order valence-electron chi connectivity index (χ1n) is 14.5. The van der Waals surface area contributed by atoms with Gasteiger partial charge in [0.1, 0.15) is 23.8 Å². The standard InChI is InChI=1S/C30H43ClN4O6/c1-22-33-27(20-23-6-12-26(36)13-7-23)30(39)35(22)21-28(37)34-25-10-8-24(9-11-25)29(38)32-15-17-41-19-18-40-16-5-3-2-4-14-31/h6-7,12-13,20,24-25,36H,2-5,8-11,14-19,21H2,1H3,(H,32,38)(H,34,37)/b27-20+. The smallest absolute Gasteiger partial charge is 0.278 e. The van der Waals surface area contributed by atoms with Crippen LogP contribution in [0.4, 0.5) is 0 Å². The predicted octanol–water partition coefficient (Wildman–Crippen LogP) is 3.62. The first kappa shape index (κ1) is 32.6. The molecule has 3 rings (SSSR count). The number of phenolic OH excluding ortho intramolecular Hbond substituents is 1. The number of amidine groups is 1. The molecule has 0 spiro atoms. The van der Waals surface area contributed by atoms with E-state index in [2.05, 4.69) is 15.6 Å². The van der Waals surface area contributed by atoms with Gasteiger partial charge < -0.3 is 25.2 Å². The Morgan fingerprint density at radius 1 is 1.02 bits per heavy atom. The number of rotatable bonds is 17. The lowest BCUT2D eigenvalue weighted by Gasteiger charge is -2.29. The number of alkyl halides is 1. The van der Waals surface area contributed by atoms with Crippen molar-refractivity contribution < 1.29 is 29.0 Å². The maximum Gasteiger partial charge on any atom is 0.278 e. The summed E-state index contributed by atoms with van der Waals surface area (Å²) < 4.78 is 11.1. The number of hydrogen-bond acceptors (Lipinski definition) is 7. The Morgan fingerprint density at radius 2 is 1.71 bits per heavy atom. The highest BCUT2D eigenvalue weighted by molar-refractivity contribution is 6.17. The third kappa shape index (κ3) is 11.4. The number of aromatic hydroxyl groups is 1. The molecule has 1 aliphatic heterocycles. The van der Waals surface area contributed by atoms with Crippen LogP contribution >= 0.6 is 11.6 Å². The van der Waals surface area contributed by atoms with Gasteiger partial charge in [0.2, 0.25) is 11.8 Å². The molecule has 3 N–H and O–H groups in total. The van der Waals surface area contributed by atoms with Crippen LogP contribution in [-0.2, 0) is 23.9 Å². The zero-order valence-electron chi connectivity index (χ0n) is 23.9. The Labute approximate surface area is 247 Å². The highest BCUT2D eigenvalue weighted by atomic mass is 35.5. The minimum Gasteiger partial charge on any atom is -0.508 e. The number of phenols is 1. The topological polar surface area (TPSA) is 130 Å². The molecule has 41 heavy (non-hydrogen) atoms. The molecule has 3 amide bonds. The fraction of sp³-hybridized carbons (Fsp3) is 0.600. The van der Waals surface area contributed by atoms with Gasteiger partial charge in [-0.1, -0.05) is 25.0 Å². The molecule has 1 heterocycles. The van der Waals surface area contributed by atoms with Crippen molar-refractivity contribution in [3.63, 3.8) is 0 Å². The van der Waals surface area contributed by atoms with Gasteiger partial charge in [0.25, 0.3) is 5.91 Å². The Hall–Kier alpha value is -2.95. The maximum atomic E-state index is 12.8. The molecule has 11 heteroatoms. The van der Waals surface area contributed by atoms with Gasteiger partial charge in [0.15, 0.2) is 0 Å². The average Bonchev–Trinajstić information content (AvgIpc) is 3.22. The van der Waals surface area contributed by atoms with Crippen molar-refractivity contribution in [2.75, 3.05) is 45.4 Å². The Balaban J connectivity index is 1.26. The van der Waals surface area contributed by atoms with Crippen molar-refractivity contribution >= 4 is 41.2 Å². The van der Waals surface area contributed by atoms with Gasteiger partial charge >= 0.3 is 0 Å². The SMILES string of the molecule is CC1=N/C(=C/c2ccc(O)cc2)C(=O)N1CC(=O)NC1CCC(C(=O)NCCOCCOCCCCCCCl)CC1. The summed E-state index contributed by atoms with van der Waals surface area (Å²) in [5, 5.41) is 15.4. The van der Waals surface area contributed by atoms with Crippen molar-refractivity contribution in [1.29, 1.82) is 0 Å². The number of hydrogen-bond donors (Lipinski definition) is 3. The molecule has 1 aromatic carbocycles. The Kier molecular flexibility index (Phi) is 14.1. The number of nitrogens with zero attached hydrogens (tertiary/aromatic N) is 2. The first-order valence-corrected chi connectivity index (χ1v) is 15.1. The van der Waals surface area contributed by atoms with E-state index in [0.717, 1.165) is 37.9 Å². The van der Waals surface area contributed by atoms with E-state index in [4.69, 9.17) is 21.1 Å². The summed E-state index contributed by atoms with van der Waals surface area (Å²) in [4.78, 5) is 43.7. The van der Waals surface area contributed by atoms with Crippen molar-refractivity contribution in [3.05, 3.63) is 35.5 Å². The molecule has 0 radical (unpaired) electrons. The van der Waals surface area contributed by atoms with Gasteiger partial charge in [0, 0.05) is 31.0 Å². The van der Waals surface area contributed by atoms with Crippen molar-refractivity contribution in [2.45, 2.75) is 64.3 Å². The number of aliphatic imine (C=N–C) groups is 1. The molecule has 10 nitrogen and oxygen atoms in total. The van der Waals surface area contributed by atoms with E-state index in [-0.39, 0.29) is 47.7 Å². The number of halogens is 1. The number of ether oxygens (including phenoxy) is 2. The van der Waals surface area contributed by atoms with Gasteiger partial charge in [-0.2, -0.15) is 0 Å². The number of carbonyl (C=O) groups excluding carboxylic acids is 3. The molecule has 226 valence electrons. The summed E-state index contributed by atoms with van der Waals surface area (Å²) in [6.07, 6.45) is 8.78. The van der Waals surface area contributed by atoms with E-state index in [9.17, 15) is 19.5 Å². The van der Waals surface area contributed by atoms with Crippen LogP contribution in [-0.4, -0.2) is 85.0 Å². The van der Waals surface area contributed by atoms with E-state index in [1.165, 1.54) is 17.0 Å². The largest absolute Gasteiger partial charge is 0.508 e. The third-order valence-corrected chi connectivity index (χ3v) is 7.46. The zero-order valence-corrected chi connectivity index (χ0v) is 24.7. The van der Waals surface area contributed by atoms with Crippen LogP contribution in [0.25, 0.3) is 6.08 Å². The molecule has 0 atom stereocenters. The van der Waals surface area contributed by atoms with Crippen molar-refractivity contribution in [2.24, 2.45) is 10.9 Å². The summed E-state index contributed by atoms with van der Waals surface area (Å²) in [5.74, 6) is 0.673. The molecule has 2 aliphatic rings. The average molecular weight is 591 g/mol. The molecule has 1 aliphatic carbocycles. The first-order chi connectivity index (χ1) is 19.9. The number of carbonyl (C=O) groups is 3. The van der Waals surface area contributed by atoms with Gasteiger partial charge in [-0.3, -0.25) is 19.3 Å². The van der Waals surface area contributed by atoms with Crippen molar-refractivity contribution in [1.82, 2.24) is 15.5 Å². The van der Waals surface area contributed by atoms with E-state index >= 15 is 0 Å². The minimum atomic E-state index is -0.337. The van der Waals surface area contributed by atoms with Crippen LogP contribution in [0.15, 0.2) is 35.0 Å². The van der Waals surface area contributed by atoms with Crippen LogP contribution in [0.3, 0.4) is 0 Å². The van der Waals surface area contributed by atoms with Gasteiger partial charge in [-0.05, 0) is 69.2 Å². The Morgan fingerprint density at radius 3 is 2.41 bits per heavy atom. The summed E-state index contributed by atoms with van der Waals surface area (Å²) in [6.45, 7) is 4.28. The minimum absolute atomic E-state index is 0.0222. The second-order valence-electron chi connectivity index (χ2n) is 10.4. The zero-order chi connectivity index (χ0) is 29.5. The van der Waals surface area contributed by atoms with E-state index in [0.29, 0.717) is 63.8 Å². The van der Waals surface area contributed by atoms with E-state index < -0.39 is 0 Å². The molecule has 0 saturated heterocycles. The third-order valence-electron chi connectivity index (χ3n) is 7.19. The van der Waals surface area contributed by atoms with E-state index in [1.807, 2.05) is 0 Å². The van der Waals surface area contributed by atoms with E-state index in [1.54, 1.807) is 25.1 Å². The second kappa shape index (κ2) is 17.8. The monoisotopic (exact) mass is 590 g/mol. The Bertz CT molecular complexity index is 1050. The fourth-order valence-corrected chi connectivity index (χ4v) is 5.05. The maximum absolute atomic E-state index is 12.8. The number of amides is 3. The van der Waals surface area contributed by atoms with Gasteiger partial charge in [0.05, 0.1) is 19.8 Å². The van der Waals surface area contributed by atoms with Crippen LogP contribution in [0.5, 0.6) is 5.75 Å². The molecule has 0 bridgehead atoms. The van der Waals surface area contributed by atoms with Crippen LogP contribution in [0.2, 0.25) is 0 Å². The number of nitrogens with one attached hydrogen (secondary N) is 2. The lowest BCUT2D eigenvalue weighted by Crippen LogP contribution is -2.46. The van der Waals surface area contributed by atoms with Crippen LogP contribution < -0.4 is 10.6 Å². The quantitative estimate of drug-likeness (QED) is 0.144. The molecule has 0 aromatic heterocycles. The molecule has 1 aromatic rings. The van der Waals surface area contributed by atoms with Crippen molar-refractivity contribution in [3.8, 4) is 5.75 Å². The summed E-state index contributed by atoms with van der Waals surface area (Å²) >= 11 is 5.66. The fourth-order valence-electron chi connectivity index (χ4n) is 4.86. The van der Waals surface area contributed by atoms with Crippen LogP contribution in [0.1, 0.15) is 63.9 Å².